The zero-order valence-electron chi connectivity index (χ0n) is 10.5. The van der Waals surface area contributed by atoms with E-state index in [-0.39, 0.29) is 11.7 Å². The summed E-state index contributed by atoms with van der Waals surface area (Å²) >= 11 is 1.79. The second-order valence-corrected chi connectivity index (χ2v) is 5.89. The molecule has 1 atom stereocenters. The van der Waals surface area contributed by atoms with E-state index in [0.29, 0.717) is 16.7 Å². The van der Waals surface area contributed by atoms with Crippen LogP contribution >= 0.6 is 11.8 Å². The molecule has 0 saturated heterocycles. The van der Waals surface area contributed by atoms with Crippen LogP contribution in [0.5, 0.6) is 0 Å². The Hall–Kier alpha value is -1.03. The van der Waals surface area contributed by atoms with Crippen LogP contribution in [0.1, 0.15) is 31.9 Å². The fourth-order valence-corrected chi connectivity index (χ4v) is 2.32. The van der Waals surface area contributed by atoms with Crippen LogP contribution in [0.25, 0.3) is 0 Å². The monoisotopic (exact) mass is 254 g/mol. The molecule has 0 aliphatic carbocycles. The van der Waals surface area contributed by atoms with Gasteiger partial charge in [0, 0.05) is 16.6 Å². The molecule has 3 N–H and O–H groups in total. The first kappa shape index (κ1) is 14.0. The molecule has 0 heterocycles. The largest absolute Gasteiger partial charge is 0.384 e. The number of hydrogen-bond donors (Lipinski definition) is 2. The standard InChI is InChI=1S/C13H19FN2S/c1-8(2)9(3)17-7-10-4-11(13(15)16)6-12(14)5-10/h4-6,8-9H,7H2,1-3H3,(H3,15,16). The Morgan fingerprint density at radius 2 is 2.00 bits per heavy atom. The van der Waals surface area contributed by atoms with Gasteiger partial charge in [-0.05, 0) is 29.7 Å². The molecule has 17 heavy (non-hydrogen) atoms. The Morgan fingerprint density at radius 3 is 2.53 bits per heavy atom. The molecule has 0 aliphatic rings. The second-order valence-electron chi connectivity index (χ2n) is 4.52. The maximum atomic E-state index is 13.3. The van der Waals surface area contributed by atoms with Gasteiger partial charge >= 0.3 is 0 Å². The van der Waals surface area contributed by atoms with Crippen LogP contribution < -0.4 is 5.73 Å². The van der Waals surface area contributed by atoms with Gasteiger partial charge in [-0.25, -0.2) is 4.39 Å². The van der Waals surface area contributed by atoms with Crippen LogP contribution in [0.4, 0.5) is 4.39 Å². The van der Waals surface area contributed by atoms with E-state index in [1.165, 1.54) is 12.1 Å². The summed E-state index contributed by atoms with van der Waals surface area (Å²) in [6.07, 6.45) is 0. The van der Waals surface area contributed by atoms with Crippen molar-refractivity contribution in [3.8, 4) is 0 Å². The van der Waals surface area contributed by atoms with Crippen LogP contribution in [0.15, 0.2) is 18.2 Å². The number of hydrogen-bond acceptors (Lipinski definition) is 2. The highest BCUT2D eigenvalue weighted by Crippen LogP contribution is 2.24. The summed E-state index contributed by atoms with van der Waals surface area (Å²) in [5.74, 6) is 0.927. The Balaban J connectivity index is 2.74. The minimum absolute atomic E-state index is 0.0901. The number of rotatable bonds is 5. The van der Waals surface area contributed by atoms with Crippen molar-refractivity contribution in [3.05, 3.63) is 35.1 Å². The van der Waals surface area contributed by atoms with Gasteiger partial charge in [0.1, 0.15) is 11.7 Å². The van der Waals surface area contributed by atoms with Gasteiger partial charge in [-0.15, -0.1) is 0 Å². The third kappa shape index (κ3) is 4.38. The molecule has 0 bridgehead atoms. The summed E-state index contributed by atoms with van der Waals surface area (Å²) in [5, 5.41) is 7.84. The van der Waals surface area contributed by atoms with Gasteiger partial charge in [0.15, 0.2) is 0 Å². The van der Waals surface area contributed by atoms with E-state index in [0.717, 1.165) is 11.3 Å². The first-order valence-electron chi connectivity index (χ1n) is 5.65. The van der Waals surface area contributed by atoms with Gasteiger partial charge in [-0.2, -0.15) is 11.8 Å². The van der Waals surface area contributed by atoms with Crippen LogP contribution in [-0.4, -0.2) is 11.1 Å². The zero-order valence-corrected chi connectivity index (χ0v) is 11.3. The maximum absolute atomic E-state index is 13.3. The van der Waals surface area contributed by atoms with Crippen molar-refractivity contribution < 1.29 is 4.39 Å². The van der Waals surface area contributed by atoms with Crippen LogP contribution in [0, 0.1) is 17.1 Å². The number of nitrogens with two attached hydrogens (primary N) is 1. The predicted octanol–water partition coefficient (Wildman–Crippen LogP) is 3.39. The van der Waals surface area contributed by atoms with Gasteiger partial charge in [0.2, 0.25) is 0 Å². The summed E-state index contributed by atoms with van der Waals surface area (Å²) in [4.78, 5) is 0. The minimum atomic E-state index is -0.328. The summed E-state index contributed by atoms with van der Waals surface area (Å²) in [7, 11) is 0. The van der Waals surface area contributed by atoms with Crippen molar-refractivity contribution >= 4 is 17.6 Å². The molecule has 2 nitrogen and oxygen atoms in total. The van der Waals surface area contributed by atoms with Gasteiger partial charge in [0.05, 0.1) is 0 Å². The Labute approximate surface area is 106 Å². The van der Waals surface area contributed by atoms with Crippen molar-refractivity contribution in [1.29, 1.82) is 5.41 Å². The smallest absolute Gasteiger partial charge is 0.124 e. The summed E-state index contributed by atoms with van der Waals surface area (Å²) < 4.78 is 13.3. The molecule has 0 aliphatic heterocycles. The lowest BCUT2D eigenvalue weighted by molar-refractivity contribution is 0.625. The minimum Gasteiger partial charge on any atom is -0.384 e. The van der Waals surface area contributed by atoms with Crippen molar-refractivity contribution in [1.82, 2.24) is 0 Å². The van der Waals surface area contributed by atoms with E-state index in [2.05, 4.69) is 20.8 Å². The SMILES string of the molecule is CC(C)C(C)SCc1cc(F)cc(C(=N)N)c1. The van der Waals surface area contributed by atoms with E-state index >= 15 is 0 Å². The fraction of sp³-hybridized carbons (Fsp3) is 0.462. The van der Waals surface area contributed by atoms with Crippen LogP contribution in [0.2, 0.25) is 0 Å². The highest BCUT2D eigenvalue weighted by Gasteiger charge is 2.09. The third-order valence-electron chi connectivity index (χ3n) is 2.72. The molecule has 0 aromatic heterocycles. The average molecular weight is 254 g/mol. The fourth-order valence-electron chi connectivity index (χ4n) is 1.31. The second kappa shape index (κ2) is 6.05. The molecule has 0 fully saturated rings. The van der Waals surface area contributed by atoms with Gasteiger partial charge in [0.25, 0.3) is 0 Å². The van der Waals surface area contributed by atoms with E-state index in [1.54, 1.807) is 17.8 Å². The molecule has 94 valence electrons. The first-order valence-corrected chi connectivity index (χ1v) is 6.70. The quantitative estimate of drug-likeness (QED) is 0.625. The Bertz CT molecular complexity index is 404. The van der Waals surface area contributed by atoms with Gasteiger partial charge in [-0.3, -0.25) is 5.41 Å². The lowest BCUT2D eigenvalue weighted by Crippen LogP contribution is -2.12. The molecule has 0 radical (unpaired) electrons. The maximum Gasteiger partial charge on any atom is 0.124 e. The normalized spacial score (nSPS) is 12.8. The van der Waals surface area contributed by atoms with Gasteiger partial charge in [-0.1, -0.05) is 20.8 Å². The lowest BCUT2D eigenvalue weighted by Gasteiger charge is -2.15. The molecule has 0 amide bonds. The summed E-state index contributed by atoms with van der Waals surface area (Å²) in [6.45, 7) is 6.51. The van der Waals surface area contributed by atoms with E-state index in [4.69, 9.17) is 11.1 Å². The number of halogens is 1. The third-order valence-corrected chi connectivity index (χ3v) is 4.29. The number of amidine groups is 1. The summed E-state index contributed by atoms with van der Waals surface area (Å²) in [6, 6.07) is 4.58. The molecule has 1 aromatic carbocycles. The topological polar surface area (TPSA) is 49.9 Å². The molecule has 0 spiro atoms. The zero-order chi connectivity index (χ0) is 13.0. The highest BCUT2D eigenvalue weighted by atomic mass is 32.2. The molecule has 1 aromatic rings. The van der Waals surface area contributed by atoms with Crippen LogP contribution in [-0.2, 0) is 5.75 Å². The van der Waals surface area contributed by atoms with E-state index < -0.39 is 0 Å². The van der Waals surface area contributed by atoms with Crippen LogP contribution in [0.3, 0.4) is 0 Å². The number of thioether (sulfide) groups is 1. The van der Waals surface area contributed by atoms with Crippen molar-refractivity contribution in [2.75, 3.05) is 0 Å². The average Bonchev–Trinajstić information content (AvgIpc) is 2.24. The summed E-state index contributed by atoms with van der Waals surface area (Å²) in [5.41, 5.74) is 6.70. The lowest BCUT2D eigenvalue weighted by atomic mass is 10.1. The van der Waals surface area contributed by atoms with Crippen molar-refractivity contribution in [2.45, 2.75) is 31.8 Å². The molecule has 4 heteroatoms. The van der Waals surface area contributed by atoms with Gasteiger partial charge < -0.3 is 5.73 Å². The van der Waals surface area contributed by atoms with Crippen molar-refractivity contribution in [3.63, 3.8) is 0 Å². The Morgan fingerprint density at radius 1 is 1.35 bits per heavy atom. The highest BCUT2D eigenvalue weighted by molar-refractivity contribution is 7.99. The molecular formula is C13H19FN2S. The number of nitrogen functional groups attached to an aromatic ring is 1. The predicted molar refractivity (Wildman–Crippen MR) is 73.0 cm³/mol. The first-order chi connectivity index (χ1) is 7.90. The van der Waals surface area contributed by atoms with Crippen molar-refractivity contribution in [2.24, 2.45) is 11.7 Å². The Kier molecular flexibility index (Phi) is 5.00. The molecule has 0 saturated carbocycles. The molecule has 1 unspecified atom stereocenters. The number of nitrogens with one attached hydrogen (secondary N) is 1. The van der Waals surface area contributed by atoms with E-state index in [1.807, 2.05) is 0 Å². The molecular weight excluding hydrogens is 235 g/mol. The number of benzene rings is 1. The van der Waals surface area contributed by atoms with E-state index in [9.17, 15) is 4.39 Å². The molecule has 1 rings (SSSR count).